The number of rotatable bonds is 10. The molecule has 7 nitrogen and oxygen atoms in total. The summed E-state index contributed by atoms with van der Waals surface area (Å²) in [6.45, 7) is 0.783. The van der Waals surface area contributed by atoms with Crippen LogP contribution in [0.15, 0.2) is 61.1 Å². The van der Waals surface area contributed by atoms with Crippen molar-refractivity contribution in [3.63, 3.8) is 0 Å². The first-order chi connectivity index (χ1) is 14.5. The summed E-state index contributed by atoms with van der Waals surface area (Å²) in [5, 5.41) is 19.2. The molecule has 7 heteroatoms. The highest BCUT2D eigenvalue weighted by Crippen LogP contribution is 2.22. The molecule has 0 saturated carbocycles. The zero-order valence-electron chi connectivity index (χ0n) is 16.6. The second kappa shape index (κ2) is 10.2. The molecule has 0 bridgehead atoms. The van der Waals surface area contributed by atoms with Crippen LogP contribution in [0.25, 0.3) is 0 Å². The van der Waals surface area contributed by atoms with E-state index in [0.717, 1.165) is 29.7 Å². The van der Waals surface area contributed by atoms with Gasteiger partial charge in [-0.2, -0.15) is 5.26 Å². The maximum Gasteiger partial charge on any atom is 0.268 e. The van der Waals surface area contributed by atoms with Crippen LogP contribution in [-0.2, 0) is 19.6 Å². The lowest BCUT2D eigenvalue weighted by Crippen LogP contribution is -2.15. The van der Waals surface area contributed by atoms with Crippen molar-refractivity contribution in [1.82, 2.24) is 9.55 Å². The lowest BCUT2D eigenvalue weighted by Gasteiger charge is -2.14. The minimum absolute atomic E-state index is 0.190. The van der Waals surface area contributed by atoms with E-state index in [1.807, 2.05) is 36.4 Å². The lowest BCUT2D eigenvalue weighted by atomic mass is 10.0. The third kappa shape index (κ3) is 5.93. The Hall–Kier alpha value is -3.63. The number of carbonyl (C=O) groups excluding carboxylic acids is 1. The van der Waals surface area contributed by atoms with Crippen molar-refractivity contribution in [3.8, 4) is 11.8 Å². The second-order valence-corrected chi connectivity index (χ2v) is 7.07. The van der Waals surface area contributed by atoms with Crippen molar-refractivity contribution in [2.24, 2.45) is 5.73 Å². The molecule has 2 aromatic carbocycles. The van der Waals surface area contributed by atoms with Crippen LogP contribution in [0.3, 0.4) is 0 Å². The van der Waals surface area contributed by atoms with Gasteiger partial charge in [-0.1, -0.05) is 30.3 Å². The van der Waals surface area contributed by atoms with Gasteiger partial charge in [-0.05, 0) is 48.6 Å². The molecule has 0 radical (unpaired) electrons. The third-order valence-electron chi connectivity index (χ3n) is 4.74. The van der Waals surface area contributed by atoms with Crippen LogP contribution in [0.4, 0.5) is 0 Å². The van der Waals surface area contributed by atoms with E-state index < -0.39 is 12.0 Å². The van der Waals surface area contributed by atoms with Gasteiger partial charge in [-0.3, -0.25) is 4.79 Å². The van der Waals surface area contributed by atoms with Crippen LogP contribution in [0.2, 0.25) is 0 Å². The predicted octanol–water partition coefficient (Wildman–Crippen LogP) is 2.82. The fraction of sp³-hybridized carbons (Fsp3) is 0.261. The summed E-state index contributed by atoms with van der Waals surface area (Å²) < 4.78 is 7.64. The molecule has 1 amide bonds. The molecule has 154 valence electrons. The Balaban J connectivity index is 1.49. The third-order valence-corrected chi connectivity index (χ3v) is 4.74. The average molecular weight is 404 g/mol. The van der Waals surface area contributed by atoms with Gasteiger partial charge in [-0.25, -0.2) is 4.98 Å². The summed E-state index contributed by atoms with van der Waals surface area (Å²) in [6.07, 6.45) is 4.65. The number of aliphatic hydroxyl groups excluding tert-OH is 1. The van der Waals surface area contributed by atoms with Crippen molar-refractivity contribution >= 4 is 5.91 Å². The van der Waals surface area contributed by atoms with Gasteiger partial charge in [0, 0.05) is 12.7 Å². The molecule has 1 heterocycles. The highest BCUT2D eigenvalue weighted by molar-refractivity contribution is 5.90. The Morgan fingerprint density at radius 2 is 2.00 bits per heavy atom. The van der Waals surface area contributed by atoms with Crippen molar-refractivity contribution in [2.75, 3.05) is 0 Å². The lowest BCUT2D eigenvalue weighted by molar-refractivity contribution is 0.0995. The van der Waals surface area contributed by atoms with Crippen LogP contribution in [0.5, 0.6) is 5.75 Å². The maximum atomic E-state index is 11.1. The Kier molecular flexibility index (Phi) is 7.19. The maximum absolute atomic E-state index is 11.1. The number of aromatic nitrogens is 2. The Morgan fingerprint density at radius 3 is 2.70 bits per heavy atom. The number of ether oxygens (including phenoxy) is 1. The Labute approximate surface area is 175 Å². The van der Waals surface area contributed by atoms with Gasteiger partial charge >= 0.3 is 0 Å². The first-order valence-electron chi connectivity index (χ1n) is 9.74. The van der Waals surface area contributed by atoms with Gasteiger partial charge in [0.1, 0.15) is 18.1 Å². The predicted molar refractivity (Wildman–Crippen MR) is 112 cm³/mol. The molecule has 1 aromatic heterocycles. The number of primary amides is 1. The largest absolute Gasteiger partial charge is 0.489 e. The number of hydrogen-bond acceptors (Lipinski definition) is 5. The fourth-order valence-electron chi connectivity index (χ4n) is 3.14. The van der Waals surface area contributed by atoms with Gasteiger partial charge in [-0.15, -0.1) is 0 Å². The second-order valence-electron chi connectivity index (χ2n) is 7.07. The van der Waals surface area contributed by atoms with Crippen LogP contribution in [0.1, 0.15) is 40.0 Å². The molecule has 1 unspecified atom stereocenters. The number of nitriles is 1. The zero-order valence-corrected chi connectivity index (χ0v) is 16.6. The molecule has 3 N–H and O–H groups in total. The van der Waals surface area contributed by atoms with Gasteiger partial charge < -0.3 is 20.1 Å². The number of hydrogen-bond donors (Lipinski definition) is 2. The summed E-state index contributed by atoms with van der Waals surface area (Å²) in [5.74, 6) is 0.234. The fourth-order valence-corrected chi connectivity index (χ4v) is 3.14. The standard InChI is InChI=1S/C23H24N4O3/c24-12-17-8-10-18(11-9-17)15-30-22-7-2-1-4-19(22)5-3-6-20(28)13-27-14-21(23(25)29)26-16-27/h1-2,4,7-11,14,16,20,28H,3,5-6,13,15H2,(H2,25,29). The Morgan fingerprint density at radius 1 is 1.23 bits per heavy atom. The summed E-state index contributed by atoms with van der Waals surface area (Å²) >= 11 is 0. The molecule has 0 aliphatic carbocycles. The molecule has 3 rings (SSSR count). The molecular formula is C23H24N4O3. The number of carbonyl (C=O) groups is 1. The number of nitrogens with two attached hydrogens (primary N) is 1. The minimum Gasteiger partial charge on any atom is -0.489 e. The van der Waals surface area contributed by atoms with Crippen LogP contribution >= 0.6 is 0 Å². The van der Waals surface area contributed by atoms with Gasteiger partial charge in [0.25, 0.3) is 5.91 Å². The van der Waals surface area contributed by atoms with Crippen LogP contribution < -0.4 is 10.5 Å². The molecule has 30 heavy (non-hydrogen) atoms. The molecule has 0 aliphatic heterocycles. The SMILES string of the molecule is N#Cc1ccc(COc2ccccc2CCCC(O)Cn2cnc(C(N)=O)c2)cc1. The average Bonchev–Trinajstić information content (AvgIpc) is 3.22. The monoisotopic (exact) mass is 404 g/mol. The van der Waals surface area contributed by atoms with E-state index in [1.165, 1.54) is 12.5 Å². The van der Waals surface area contributed by atoms with Crippen molar-refractivity contribution in [3.05, 3.63) is 83.4 Å². The van der Waals surface area contributed by atoms with Gasteiger partial charge in [0.05, 0.1) is 24.1 Å². The molecule has 1 atom stereocenters. The first kappa shape index (κ1) is 21.1. The summed E-state index contributed by atoms with van der Waals surface area (Å²) in [7, 11) is 0. The number of nitrogens with zero attached hydrogens (tertiary/aromatic N) is 3. The summed E-state index contributed by atoms with van der Waals surface area (Å²) in [4.78, 5) is 15.0. The summed E-state index contributed by atoms with van der Waals surface area (Å²) in [6, 6.07) is 17.3. The number of aryl methyl sites for hydroxylation is 1. The number of benzene rings is 2. The van der Waals surface area contributed by atoms with Crippen molar-refractivity contribution in [2.45, 2.75) is 38.5 Å². The molecule has 0 aliphatic rings. The molecule has 0 spiro atoms. The van der Waals surface area contributed by atoms with E-state index in [4.69, 9.17) is 15.7 Å². The number of aliphatic hydroxyl groups is 1. The van der Waals surface area contributed by atoms with E-state index in [1.54, 1.807) is 16.7 Å². The van der Waals surface area contributed by atoms with Gasteiger partial charge in [0.2, 0.25) is 0 Å². The highest BCUT2D eigenvalue weighted by atomic mass is 16.5. The Bertz CT molecular complexity index is 1020. The van der Waals surface area contributed by atoms with E-state index in [-0.39, 0.29) is 5.69 Å². The first-order valence-corrected chi connectivity index (χ1v) is 9.74. The van der Waals surface area contributed by atoms with Gasteiger partial charge in [0.15, 0.2) is 0 Å². The quantitative estimate of drug-likeness (QED) is 0.539. The van der Waals surface area contributed by atoms with Crippen molar-refractivity contribution in [1.29, 1.82) is 5.26 Å². The molecule has 0 saturated heterocycles. The molecule has 0 fully saturated rings. The van der Waals surface area contributed by atoms with E-state index in [0.29, 0.717) is 25.1 Å². The molecular weight excluding hydrogens is 380 g/mol. The zero-order chi connectivity index (χ0) is 21.3. The topological polar surface area (TPSA) is 114 Å². The van der Waals surface area contributed by atoms with E-state index in [9.17, 15) is 9.90 Å². The number of para-hydroxylation sites is 1. The molecule has 3 aromatic rings. The highest BCUT2D eigenvalue weighted by Gasteiger charge is 2.10. The van der Waals surface area contributed by atoms with Crippen LogP contribution in [-0.4, -0.2) is 26.7 Å². The van der Waals surface area contributed by atoms with E-state index >= 15 is 0 Å². The van der Waals surface area contributed by atoms with Crippen molar-refractivity contribution < 1.29 is 14.6 Å². The smallest absolute Gasteiger partial charge is 0.268 e. The number of imidazole rings is 1. The number of amides is 1. The van der Waals surface area contributed by atoms with E-state index in [2.05, 4.69) is 11.1 Å². The normalized spacial score (nSPS) is 11.6. The summed E-state index contributed by atoms with van der Waals surface area (Å²) in [5.41, 5.74) is 8.08. The van der Waals surface area contributed by atoms with Crippen LogP contribution in [0, 0.1) is 11.3 Å². The minimum atomic E-state index is -0.583.